The van der Waals surface area contributed by atoms with Crippen molar-refractivity contribution in [3.8, 4) is 0 Å². The van der Waals surface area contributed by atoms with Crippen molar-refractivity contribution in [1.82, 2.24) is 5.32 Å². The van der Waals surface area contributed by atoms with Crippen LogP contribution >= 0.6 is 15.9 Å². The van der Waals surface area contributed by atoms with Crippen molar-refractivity contribution >= 4 is 21.8 Å². The van der Waals surface area contributed by atoms with Gasteiger partial charge < -0.3 is 5.32 Å². The van der Waals surface area contributed by atoms with Gasteiger partial charge in [-0.15, -0.1) is 0 Å². The summed E-state index contributed by atoms with van der Waals surface area (Å²) in [4.78, 5) is 12.0. The van der Waals surface area contributed by atoms with Crippen molar-refractivity contribution in [2.45, 2.75) is 30.8 Å². The molecule has 1 atom stereocenters. The largest absolute Gasteiger partial charge is 0.416 e. The van der Waals surface area contributed by atoms with Crippen molar-refractivity contribution in [2.24, 2.45) is 0 Å². The Morgan fingerprint density at radius 2 is 1.89 bits per heavy atom. The lowest BCUT2D eigenvalue weighted by atomic mass is 10.1. The first-order valence-electron chi connectivity index (χ1n) is 5.90. The maximum atomic E-state index is 12.3. The molecule has 1 amide bonds. The lowest BCUT2D eigenvalue weighted by Crippen LogP contribution is -2.24. The van der Waals surface area contributed by atoms with Crippen LogP contribution in [0.5, 0.6) is 0 Å². The quantitative estimate of drug-likeness (QED) is 0.638. The van der Waals surface area contributed by atoms with Gasteiger partial charge in [0.2, 0.25) is 0 Å². The number of halogens is 4. The Balaban J connectivity index is 2.49. The van der Waals surface area contributed by atoms with E-state index in [2.05, 4.69) is 21.2 Å². The Morgan fingerprint density at radius 1 is 1.32 bits per heavy atom. The van der Waals surface area contributed by atoms with E-state index in [0.717, 1.165) is 25.0 Å². The van der Waals surface area contributed by atoms with Crippen molar-refractivity contribution in [1.29, 1.82) is 0 Å². The van der Waals surface area contributed by atoms with Gasteiger partial charge in [-0.2, -0.15) is 13.2 Å². The first kappa shape index (κ1) is 16.0. The highest BCUT2D eigenvalue weighted by molar-refractivity contribution is 9.09. The predicted molar refractivity (Wildman–Crippen MR) is 71.4 cm³/mol. The molecule has 0 saturated carbocycles. The highest BCUT2D eigenvalue weighted by atomic mass is 79.9. The van der Waals surface area contributed by atoms with Gasteiger partial charge in [-0.1, -0.05) is 22.9 Å². The van der Waals surface area contributed by atoms with Crippen LogP contribution in [0.15, 0.2) is 24.3 Å². The molecule has 0 bridgehead atoms. The Labute approximate surface area is 118 Å². The van der Waals surface area contributed by atoms with E-state index in [1.807, 2.05) is 6.92 Å². The number of carbonyl (C=O) groups is 1. The van der Waals surface area contributed by atoms with Gasteiger partial charge >= 0.3 is 6.18 Å². The van der Waals surface area contributed by atoms with Gasteiger partial charge in [0.15, 0.2) is 0 Å². The number of alkyl halides is 4. The molecule has 1 unspecified atom stereocenters. The third-order valence-corrected chi connectivity index (χ3v) is 3.00. The summed E-state index contributed by atoms with van der Waals surface area (Å²) in [6.07, 6.45) is -2.63. The van der Waals surface area contributed by atoms with Crippen LogP contribution in [0.3, 0.4) is 0 Å². The number of amides is 1. The number of nitrogens with one attached hydrogen (secondary N) is 1. The molecule has 6 heteroatoms. The molecule has 1 aromatic rings. The molecular weight excluding hydrogens is 323 g/mol. The Kier molecular flexibility index (Phi) is 5.85. The topological polar surface area (TPSA) is 29.1 Å². The van der Waals surface area contributed by atoms with E-state index < -0.39 is 11.7 Å². The van der Waals surface area contributed by atoms with E-state index in [-0.39, 0.29) is 11.5 Å². The monoisotopic (exact) mass is 337 g/mol. The third-order valence-electron chi connectivity index (χ3n) is 2.54. The molecule has 1 rings (SSSR count). The summed E-state index contributed by atoms with van der Waals surface area (Å²) in [6.45, 7) is 2.52. The fourth-order valence-corrected chi connectivity index (χ4v) is 1.82. The van der Waals surface area contributed by atoms with Crippen LogP contribution in [0, 0.1) is 0 Å². The number of hydrogen-bond donors (Lipinski definition) is 1. The second-order valence-electron chi connectivity index (χ2n) is 4.25. The molecule has 0 spiro atoms. The molecule has 0 saturated heterocycles. The number of benzene rings is 1. The first-order valence-corrected chi connectivity index (χ1v) is 6.82. The van der Waals surface area contributed by atoms with Gasteiger partial charge in [0.1, 0.15) is 0 Å². The summed E-state index contributed by atoms with van der Waals surface area (Å²) < 4.78 is 37.0. The van der Waals surface area contributed by atoms with Gasteiger partial charge in [-0.05, 0) is 37.1 Å². The van der Waals surface area contributed by atoms with Crippen LogP contribution in [0.1, 0.15) is 35.7 Å². The summed E-state index contributed by atoms with van der Waals surface area (Å²) in [6, 6.07) is 4.20. The zero-order chi connectivity index (χ0) is 14.5. The summed E-state index contributed by atoms with van der Waals surface area (Å²) in [5.74, 6) is -0.351. The molecule has 0 fully saturated rings. The zero-order valence-electron chi connectivity index (χ0n) is 10.4. The standard InChI is InChI=1S/C13H15BrF3NO/c1-9(14)3-2-8-18-12(19)10-4-6-11(7-5-10)13(15,16)17/h4-7,9H,2-3,8H2,1H3,(H,18,19). The molecule has 0 aliphatic carbocycles. The summed E-state index contributed by atoms with van der Waals surface area (Å²) >= 11 is 3.39. The smallest absolute Gasteiger partial charge is 0.352 e. The van der Waals surface area contributed by atoms with Crippen LogP contribution in [-0.2, 0) is 6.18 Å². The summed E-state index contributed by atoms with van der Waals surface area (Å²) in [7, 11) is 0. The van der Waals surface area contributed by atoms with Crippen LogP contribution in [0.4, 0.5) is 13.2 Å². The Morgan fingerprint density at radius 3 is 2.37 bits per heavy atom. The van der Waals surface area contributed by atoms with Gasteiger partial charge in [0, 0.05) is 16.9 Å². The second-order valence-corrected chi connectivity index (χ2v) is 5.82. The number of rotatable bonds is 5. The van der Waals surface area contributed by atoms with Crippen molar-refractivity contribution in [3.63, 3.8) is 0 Å². The minimum absolute atomic E-state index is 0.236. The highest BCUT2D eigenvalue weighted by Gasteiger charge is 2.30. The molecule has 1 N–H and O–H groups in total. The molecule has 106 valence electrons. The lowest BCUT2D eigenvalue weighted by molar-refractivity contribution is -0.137. The van der Waals surface area contributed by atoms with Crippen LogP contribution in [-0.4, -0.2) is 17.3 Å². The summed E-state index contributed by atoms with van der Waals surface area (Å²) in [5.41, 5.74) is -0.517. The number of carbonyl (C=O) groups excluding carboxylic acids is 1. The van der Waals surface area contributed by atoms with Crippen LogP contribution < -0.4 is 5.32 Å². The average Bonchev–Trinajstić information content (AvgIpc) is 2.33. The summed E-state index contributed by atoms with van der Waals surface area (Å²) in [5, 5.41) is 2.67. The van der Waals surface area contributed by atoms with Gasteiger partial charge in [0.05, 0.1) is 5.56 Å². The molecule has 1 aromatic carbocycles. The fraction of sp³-hybridized carbons (Fsp3) is 0.462. The van der Waals surface area contributed by atoms with Crippen LogP contribution in [0.25, 0.3) is 0 Å². The van der Waals surface area contributed by atoms with Gasteiger partial charge in [0.25, 0.3) is 5.91 Å². The van der Waals surface area contributed by atoms with Crippen molar-refractivity contribution in [3.05, 3.63) is 35.4 Å². The van der Waals surface area contributed by atoms with E-state index in [4.69, 9.17) is 0 Å². The SMILES string of the molecule is CC(Br)CCCNC(=O)c1ccc(C(F)(F)F)cc1. The molecule has 0 radical (unpaired) electrons. The van der Waals surface area contributed by atoms with Crippen LogP contribution in [0.2, 0.25) is 0 Å². The van der Waals surface area contributed by atoms with E-state index in [1.165, 1.54) is 12.1 Å². The third kappa shape index (κ3) is 5.63. The molecule has 0 aliphatic rings. The lowest BCUT2D eigenvalue weighted by Gasteiger charge is -2.08. The number of hydrogen-bond acceptors (Lipinski definition) is 1. The fourth-order valence-electron chi connectivity index (χ4n) is 1.50. The molecule has 0 aromatic heterocycles. The maximum absolute atomic E-state index is 12.3. The van der Waals surface area contributed by atoms with Crippen molar-refractivity contribution < 1.29 is 18.0 Å². The molecule has 0 aliphatic heterocycles. The highest BCUT2D eigenvalue weighted by Crippen LogP contribution is 2.29. The van der Waals surface area contributed by atoms with E-state index in [9.17, 15) is 18.0 Å². The van der Waals surface area contributed by atoms with E-state index >= 15 is 0 Å². The van der Waals surface area contributed by atoms with Gasteiger partial charge in [-0.25, -0.2) is 0 Å². The minimum Gasteiger partial charge on any atom is -0.352 e. The van der Waals surface area contributed by atoms with Crippen molar-refractivity contribution in [2.75, 3.05) is 6.54 Å². The molecular formula is C13H15BrF3NO. The maximum Gasteiger partial charge on any atom is 0.416 e. The first-order chi connectivity index (χ1) is 8.80. The minimum atomic E-state index is -4.37. The molecule has 0 heterocycles. The van der Waals surface area contributed by atoms with Gasteiger partial charge in [-0.3, -0.25) is 4.79 Å². The van der Waals surface area contributed by atoms with E-state index in [0.29, 0.717) is 11.4 Å². The predicted octanol–water partition coefficient (Wildman–Crippen LogP) is 4.00. The Bertz CT molecular complexity index is 415. The molecule has 2 nitrogen and oxygen atoms in total. The van der Waals surface area contributed by atoms with E-state index in [1.54, 1.807) is 0 Å². The normalized spacial score (nSPS) is 13.1. The second kappa shape index (κ2) is 6.93. The average molecular weight is 338 g/mol. The molecule has 19 heavy (non-hydrogen) atoms. The zero-order valence-corrected chi connectivity index (χ0v) is 12.0. The Hall–Kier alpha value is -1.04.